The van der Waals surface area contributed by atoms with Crippen molar-refractivity contribution in [3.8, 4) is 5.75 Å². The van der Waals surface area contributed by atoms with E-state index in [4.69, 9.17) is 0 Å². The maximum absolute atomic E-state index is 12.1. The van der Waals surface area contributed by atoms with E-state index >= 15 is 0 Å². The summed E-state index contributed by atoms with van der Waals surface area (Å²) in [6.07, 6.45) is 0.675. The van der Waals surface area contributed by atoms with Crippen molar-refractivity contribution in [1.82, 2.24) is 5.32 Å². The fraction of sp³-hybridized carbons (Fsp3) is 0.417. The number of benzene rings is 1. The summed E-state index contributed by atoms with van der Waals surface area (Å²) in [5, 5.41) is 26.1. The van der Waals surface area contributed by atoms with Crippen LogP contribution in [0.4, 0.5) is 11.4 Å². The van der Waals surface area contributed by atoms with Crippen LogP contribution in [-0.2, 0) is 4.79 Å². The summed E-state index contributed by atoms with van der Waals surface area (Å²) in [5.41, 5.74) is -0.455. The van der Waals surface area contributed by atoms with Gasteiger partial charge in [0, 0.05) is 12.1 Å². The van der Waals surface area contributed by atoms with Crippen molar-refractivity contribution in [1.29, 1.82) is 0 Å². The van der Waals surface area contributed by atoms with Crippen molar-refractivity contribution >= 4 is 17.3 Å². The van der Waals surface area contributed by atoms with E-state index in [1.165, 1.54) is 18.2 Å². The van der Waals surface area contributed by atoms with Crippen LogP contribution >= 0.6 is 0 Å². The molecule has 102 valence electrons. The monoisotopic (exact) mass is 265 g/mol. The molecular weight excluding hydrogens is 250 g/mol. The summed E-state index contributed by atoms with van der Waals surface area (Å²) in [6.45, 7) is 2.62. The number of hydrogen-bond acceptors (Lipinski definition) is 5. The largest absolute Gasteiger partial charge is 0.505 e. The van der Waals surface area contributed by atoms with Gasteiger partial charge in [0.1, 0.15) is 5.75 Å². The minimum atomic E-state index is -0.633. The van der Waals surface area contributed by atoms with Gasteiger partial charge in [-0.15, -0.1) is 0 Å². The molecule has 1 aromatic rings. The molecule has 0 aromatic heterocycles. The number of rotatable bonds is 3. The zero-order valence-electron chi connectivity index (χ0n) is 10.4. The van der Waals surface area contributed by atoms with Gasteiger partial charge >= 0.3 is 0 Å². The Kier molecular flexibility index (Phi) is 3.66. The third-order valence-electron chi connectivity index (χ3n) is 3.33. The van der Waals surface area contributed by atoms with E-state index in [-0.39, 0.29) is 35.0 Å². The highest BCUT2D eigenvalue weighted by Crippen LogP contribution is 2.33. The lowest BCUT2D eigenvalue weighted by Gasteiger charge is -2.15. The van der Waals surface area contributed by atoms with Crippen LogP contribution in [-0.4, -0.2) is 28.5 Å². The van der Waals surface area contributed by atoms with E-state index in [1.54, 1.807) is 0 Å². The summed E-state index contributed by atoms with van der Waals surface area (Å²) in [6, 6.07) is 3.93. The summed E-state index contributed by atoms with van der Waals surface area (Å²) >= 11 is 0. The number of nitrogens with zero attached hydrogens (tertiary/aromatic N) is 1. The van der Waals surface area contributed by atoms with E-state index in [2.05, 4.69) is 10.6 Å². The average molecular weight is 265 g/mol. The zero-order valence-corrected chi connectivity index (χ0v) is 10.4. The van der Waals surface area contributed by atoms with Gasteiger partial charge in [0.25, 0.3) is 5.69 Å². The first-order valence-electron chi connectivity index (χ1n) is 6.01. The van der Waals surface area contributed by atoms with Crippen LogP contribution in [0.2, 0.25) is 0 Å². The second-order valence-electron chi connectivity index (χ2n) is 4.56. The van der Waals surface area contributed by atoms with E-state index in [0.29, 0.717) is 6.42 Å². The van der Waals surface area contributed by atoms with Crippen molar-refractivity contribution in [3.05, 3.63) is 28.3 Å². The molecule has 1 aromatic carbocycles. The van der Waals surface area contributed by atoms with Crippen molar-refractivity contribution in [2.75, 3.05) is 11.9 Å². The standard InChI is InChI=1S/C12H15N3O4/c1-7-8(5-6-13-7)12(17)14-11-9(15(18)19)3-2-4-10(11)16/h2-4,7-8,13,16H,5-6H2,1H3,(H,14,17). The molecule has 1 aliphatic heterocycles. The van der Waals surface area contributed by atoms with Crippen molar-refractivity contribution in [2.24, 2.45) is 5.92 Å². The molecule has 7 heteroatoms. The quantitative estimate of drug-likeness (QED) is 0.433. The number of hydrogen-bond donors (Lipinski definition) is 3. The molecule has 0 radical (unpaired) electrons. The summed E-state index contributed by atoms with van der Waals surface area (Å²) in [7, 11) is 0. The van der Waals surface area contributed by atoms with Crippen molar-refractivity contribution in [2.45, 2.75) is 19.4 Å². The Labute approximate surface area is 109 Å². The molecule has 19 heavy (non-hydrogen) atoms. The Morgan fingerprint density at radius 2 is 2.32 bits per heavy atom. The maximum Gasteiger partial charge on any atom is 0.296 e. The SMILES string of the molecule is CC1NCCC1C(=O)Nc1c(O)cccc1[N+](=O)[O-]. The first kappa shape index (κ1) is 13.3. The number of phenolic OH excluding ortho intramolecular Hbond substituents is 1. The van der Waals surface area contributed by atoms with Crippen LogP contribution in [0.3, 0.4) is 0 Å². The van der Waals surface area contributed by atoms with Gasteiger partial charge in [-0.3, -0.25) is 14.9 Å². The lowest BCUT2D eigenvalue weighted by Crippen LogP contribution is -2.32. The van der Waals surface area contributed by atoms with Gasteiger partial charge in [-0.05, 0) is 26.0 Å². The number of para-hydroxylation sites is 1. The van der Waals surface area contributed by atoms with Crippen LogP contribution in [0.25, 0.3) is 0 Å². The average Bonchev–Trinajstić information content (AvgIpc) is 2.77. The van der Waals surface area contributed by atoms with Crippen LogP contribution < -0.4 is 10.6 Å². The van der Waals surface area contributed by atoms with Gasteiger partial charge in [0.15, 0.2) is 5.69 Å². The number of amides is 1. The lowest BCUT2D eigenvalue weighted by atomic mass is 10.0. The molecule has 2 atom stereocenters. The van der Waals surface area contributed by atoms with Crippen molar-refractivity contribution in [3.63, 3.8) is 0 Å². The molecule has 1 heterocycles. The third kappa shape index (κ3) is 2.65. The number of nitro groups is 1. The molecule has 1 saturated heterocycles. The summed E-state index contributed by atoms with van der Waals surface area (Å²) in [5.74, 6) is -0.873. The molecule has 0 aliphatic carbocycles. The van der Waals surface area contributed by atoms with E-state index in [0.717, 1.165) is 6.54 Å². The number of nitrogens with one attached hydrogen (secondary N) is 2. The van der Waals surface area contributed by atoms with Crippen molar-refractivity contribution < 1.29 is 14.8 Å². The number of nitro benzene ring substituents is 1. The highest BCUT2D eigenvalue weighted by molar-refractivity contribution is 5.96. The highest BCUT2D eigenvalue weighted by Gasteiger charge is 2.31. The highest BCUT2D eigenvalue weighted by atomic mass is 16.6. The Hall–Kier alpha value is -2.15. The minimum Gasteiger partial charge on any atom is -0.505 e. The van der Waals surface area contributed by atoms with Crippen LogP contribution in [0.5, 0.6) is 5.75 Å². The van der Waals surface area contributed by atoms with E-state index in [1.807, 2.05) is 6.92 Å². The van der Waals surface area contributed by atoms with Gasteiger partial charge in [-0.1, -0.05) is 6.07 Å². The molecular formula is C12H15N3O4. The first-order chi connectivity index (χ1) is 9.00. The zero-order chi connectivity index (χ0) is 14.0. The number of aromatic hydroxyl groups is 1. The predicted molar refractivity (Wildman–Crippen MR) is 69.0 cm³/mol. The lowest BCUT2D eigenvalue weighted by molar-refractivity contribution is -0.384. The van der Waals surface area contributed by atoms with Gasteiger partial charge in [-0.25, -0.2) is 0 Å². The Morgan fingerprint density at radius 3 is 2.89 bits per heavy atom. The molecule has 1 amide bonds. The van der Waals surface area contributed by atoms with Gasteiger partial charge in [0.05, 0.1) is 10.8 Å². The topological polar surface area (TPSA) is 104 Å². The molecule has 0 saturated carbocycles. The Morgan fingerprint density at radius 1 is 1.58 bits per heavy atom. The first-order valence-corrected chi connectivity index (χ1v) is 6.01. The molecule has 0 spiro atoms. The number of carbonyl (C=O) groups is 1. The van der Waals surface area contributed by atoms with Gasteiger partial charge < -0.3 is 15.7 Å². The minimum absolute atomic E-state index is 0.0184. The van der Waals surface area contributed by atoms with Crippen LogP contribution in [0.1, 0.15) is 13.3 Å². The number of anilines is 1. The van der Waals surface area contributed by atoms with Gasteiger partial charge in [0.2, 0.25) is 5.91 Å². The predicted octanol–water partition coefficient (Wildman–Crippen LogP) is 1.24. The fourth-order valence-corrected chi connectivity index (χ4v) is 2.24. The molecule has 1 fully saturated rings. The molecule has 3 N–H and O–H groups in total. The Bertz CT molecular complexity index is 518. The number of phenols is 1. The van der Waals surface area contributed by atoms with Gasteiger partial charge in [-0.2, -0.15) is 0 Å². The molecule has 1 aliphatic rings. The molecule has 2 rings (SSSR count). The second-order valence-corrected chi connectivity index (χ2v) is 4.56. The molecule has 0 bridgehead atoms. The molecule has 7 nitrogen and oxygen atoms in total. The maximum atomic E-state index is 12.1. The molecule has 2 unspecified atom stereocenters. The van der Waals surface area contributed by atoms with E-state index in [9.17, 15) is 20.0 Å². The Balaban J connectivity index is 2.23. The van der Waals surface area contributed by atoms with Crippen LogP contribution in [0.15, 0.2) is 18.2 Å². The summed E-state index contributed by atoms with van der Waals surface area (Å²) in [4.78, 5) is 22.3. The smallest absolute Gasteiger partial charge is 0.296 e. The normalized spacial score (nSPS) is 22.2. The van der Waals surface area contributed by atoms with Crippen LogP contribution in [0, 0.1) is 16.0 Å². The fourth-order valence-electron chi connectivity index (χ4n) is 2.24. The second kappa shape index (κ2) is 5.23. The van der Waals surface area contributed by atoms with E-state index < -0.39 is 4.92 Å². The number of carbonyl (C=O) groups excluding carboxylic acids is 1. The summed E-state index contributed by atoms with van der Waals surface area (Å²) < 4.78 is 0. The third-order valence-corrected chi connectivity index (χ3v) is 3.33.